The molecule has 0 spiro atoms. The van der Waals surface area contributed by atoms with Crippen molar-refractivity contribution in [1.82, 2.24) is 24.6 Å². The summed E-state index contributed by atoms with van der Waals surface area (Å²) in [7, 11) is 1.83. The van der Waals surface area contributed by atoms with Crippen molar-refractivity contribution in [1.29, 1.82) is 0 Å². The Kier molecular flexibility index (Phi) is 4.92. The second-order valence-corrected chi connectivity index (χ2v) is 6.67. The van der Waals surface area contributed by atoms with Crippen molar-refractivity contribution in [3.05, 3.63) is 60.2 Å². The number of anilines is 2. The van der Waals surface area contributed by atoms with Crippen LogP contribution in [0.5, 0.6) is 0 Å². The predicted molar refractivity (Wildman–Crippen MR) is 108 cm³/mol. The zero-order valence-electron chi connectivity index (χ0n) is 16.0. The van der Waals surface area contributed by atoms with Gasteiger partial charge in [0.2, 0.25) is 0 Å². The van der Waals surface area contributed by atoms with Crippen molar-refractivity contribution in [2.45, 2.75) is 6.92 Å². The Morgan fingerprint density at radius 1 is 1.00 bits per heavy atom. The van der Waals surface area contributed by atoms with E-state index in [4.69, 9.17) is 0 Å². The molecule has 1 aromatic carbocycles. The summed E-state index contributed by atoms with van der Waals surface area (Å²) in [6.45, 7) is 4.69. The van der Waals surface area contributed by atoms with Gasteiger partial charge in [-0.1, -0.05) is 12.1 Å². The molecule has 1 aliphatic rings. The lowest BCUT2D eigenvalue weighted by Gasteiger charge is -2.35. The maximum absolute atomic E-state index is 12.9. The van der Waals surface area contributed by atoms with Gasteiger partial charge >= 0.3 is 0 Å². The van der Waals surface area contributed by atoms with E-state index in [1.54, 1.807) is 6.20 Å². The fourth-order valence-corrected chi connectivity index (χ4v) is 3.43. The summed E-state index contributed by atoms with van der Waals surface area (Å²) in [5.74, 6) is 2.50. The Morgan fingerprint density at radius 3 is 2.36 bits per heavy atom. The smallest absolute Gasteiger partial charge is 0.256 e. The Morgan fingerprint density at radius 2 is 1.71 bits per heavy atom. The first kappa shape index (κ1) is 18.0. The number of rotatable bonds is 4. The van der Waals surface area contributed by atoms with E-state index in [0.717, 1.165) is 36.2 Å². The van der Waals surface area contributed by atoms with Crippen LogP contribution in [0.1, 0.15) is 16.2 Å². The van der Waals surface area contributed by atoms with Gasteiger partial charge in [-0.15, -0.1) is 10.2 Å². The minimum atomic E-state index is 0.0571. The van der Waals surface area contributed by atoms with Crippen molar-refractivity contribution in [2.75, 3.05) is 43.4 Å². The van der Waals surface area contributed by atoms with Crippen molar-refractivity contribution in [3.63, 3.8) is 0 Å². The Bertz CT molecular complexity index is 959. The molecule has 1 amide bonds. The molecule has 2 aromatic heterocycles. The first-order chi connectivity index (χ1) is 13.7. The molecule has 0 bridgehead atoms. The maximum Gasteiger partial charge on any atom is 0.256 e. The summed E-state index contributed by atoms with van der Waals surface area (Å²) in [5.41, 5.74) is 1.56. The highest BCUT2D eigenvalue weighted by molar-refractivity contribution is 5.99. The van der Waals surface area contributed by atoms with Crippen molar-refractivity contribution >= 4 is 17.4 Å². The van der Waals surface area contributed by atoms with Gasteiger partial charge < -0.3 is 15.1 Å². The minimum Gasteiger partial charge on any atom is -0.387 e. The van der Waals surface area contributed by atoms with Gasteiger partial charge in [0.05, 0.1) is 5.56 Å². The molecule has 3 heterocycles. The summed E-state index contributed by atoms with van der Waals surface area (Å²) in [6, 6.07) is 11.5. The van der Waals surface area contributed by atoms with Gasteiger partial charge in [-0.2, -0.15) is 0 Å². The van der Waals surface area contributed by atoms with Crippen molar-refractivity contribution < 1.29 is 4.79 Å². The Labute approximate surface area is 163 Å². The van der Waals surface area contributed by atoms with Gasteiger partial charge in [-0.25, -0.2) is 4.98 Å². The van der Waals surface area contributed by atoms with Gasteiger partial charge in [0, 0.05) is 51.3 Å². The first-order valence-electron chi connectivity index (χ1n) is 9.32. The number of nitrogens with zero attached hydrogens (tertiary/aromatic N) is 6. The van der Waals surface area contributed by atoms with E-state index in [1.807, 2.05) is 66.0 Å². The average Bonchev–Trinajstić information content (AvgIpc) is 3.19. The van der Waals surface area contributed by atoms with Crippen molar-refractivity contribution in [2.24, 2.45) is 0 Å². The molecule has 1 N–H and O–H groups in total. The number of nitrogens with one attached hydrogen (secondary N) is 1. The Balaban J connectivity index is 1.41. The summed E-state index contributed by atoms with van der Waals surface area (Å²) in [4.78, 5) is 21.1. The fourth-order valence-electron chi connectivity index (χ4n) is 3.43. The second-order valence-electron chi connectivity index (χ2n) is 6.67. The molecule has 144 valence electrons. The standard InChI is InChI=1S/C20H23N7O/c1-15-22-9-10-27(15)19-8-7-18(23-24-19)25-11-13-26(14-12-25)20(28)16-5-3-4-6-17(16)21-2/h3-10,21H,11-14H2,1-2H3. The number of para-hydroxylation sites is 1. The van der Waals surface area contributed by atoms with Crippen LogP contribution in [0, 0.1) is 6.92 Å². The number of piperazine rings is 1. The van der Waals surface area contributed by atoms with E-state index in [0.29, 0.717) is 18.7 Å². The fraction of sp³-hybridized carbons (Fsp3) is 0.300. The molecular weight excluding hydrogens is 354 g/mol. The van der Waals surface area contributed by atoms with E-state index >= 15 is 0 Å². The lowest BCUT2D eigenvalue weighted by atomic mass is 10.1. The number of amides is 1. The van der Waals surface area contributed by atoms with Gasteiger partial charge in [-0.05, 0) is 31.2 Å². The third kappa shape index (κ3) is 3.40. The Hall–Kier alpha value is -3.42. The summed E-state index contributed by atoms with van der Waals surface area (Å²) in [6.07, 6.45) is 3.61. The predicted octanol–water partition coefficient (Wildman–Crippen LogP) is 1.97. The van der Waals surface area contributed by atoms with Crippen LogP contribution in [-0.2, 0) is 0 Å². The van der Waals surface area contributed by atoms with Gasteiger partial charge in [0.15, 0.2) is 11.6 Å². The van der Waals surface area contributed by atoms with Gasteiger partial charge in [-0.3, -0.25) is 9.36 Å². The first-order valence-corrected chi connectivity index (χ1v) is 9.32. The number of imidazole rings is 1. The second kappa shape index (κ2) is 7.67. The highest BCUT2D eigenvalue weighted by Crippen LogP contribution is 2.19. The van der Waals surface area contributed by atoms with Gasteiger partial charge in [0.25, 0.3) is 5.91 Å². The molecule has 4 rings (SSSR count). The molecule has 0 atom stereocenters. The summed E-state index contributed by atoms with van der Waals surface area (Å²) < 4.78 is 1.90. The topological polar surface area (TPSA) is 79.2 Å². The molecule has 0 saturated carbocycles. The molecule has 8 heteroatoms. The molecule has 3 aromatic rings. The van der Waals surface area contributed by atoms with Crippen LogP contribution in [0.3, 0.4) is 0 Å². The molecule has 1 fully saturated rings. The molecule has 0 unspecified atom stereocenters. The molecule has 8 nitrogen and oxygen atoms in total. The van der Waals surface area contributed by atoms with Crippen LogP contribution in [0.15, 0.2) is 48.8 Å². The van der Waals surface area contributed by atoms with Crippen LogP contribution >= 0.6 is 0 Å². The van der Waals surface area contributed by atoms with E-state index in [1.165, 1.54) is 0 Å². The third-order valence-corrected chi connectivity index (χ3v) is 5.03. The largest absolute Gasteiger partial charge is 0.387 e. The quantitative estimate of drug-likeness (QED) is 0.749. The molecule has 0 radical (unpaired) electrons. The van der Waals surface area contributed by atoms with E-state index in [-0.39, 0.29) is 5.91 Å². The van der Waals surface area contributed by atoms with E-state index in [9.17, 15) is 4.79 Å². The SMILES string of the molecule is CNc1ccccc1C(=O)N1CCN(c2ccc(-n3ccnc3C)nn2)CC1. The van der Waals surface area contributed by atoms with E-state index < -0.39 is 0 Å². The molecule has 1 aliphatic heterocycles. The van der Waals surface area contributed by atoms with Crippen LogP contribution in [0.4, 0.5) is 11.5 Å². The number of carbonyl (C=O) groups excluding carboxylic acids is 1. The average molecular weight is 377 g/mol. The van der Waals surface area contributed by atoms with Crippen LogP contribution < -0.4 is 10.2 Å². The minimum absolute atomic E-state index is 0.0571. The zero-order chi connectivity index (χ0) is 19.5. The highest BCUT2D eigenvalue weighted by Gasteiger charge is 2.24. The lowest BCUT2D eigenvalue weighted by Crippen LogP contribution is -2.49. The monoisotopic (exact) mass is 377 g/mol. The number of aromatic nitrogens is 4. The maximum atomic E-state index is 12.9. The summed E-state index contributed by atoms with van der Waals surface area (Å²) in [5, 5.41) is 11.8. The van der Waals surface area contributed by atoms with Crippen molar-refractivity contribution in [3.8, 4) is 5.82 Å². The number of carbonyl (C=O) groups is 1. The van der Waals surface area contributed by atoms with Crippen LogP contribution in [-0.4, -0.2) is 63.8 Å². The summed E-state index contributed by atoms with van der Waals surface area (Å²) >= 11 is 0. The molecule has 1 saturated heterocycles. The van der Waals surface area contributed by atoms with E-state index in [2.05, 4.69) is 25.4 Å². The third-order valence-electron chi connectivity index (χ3n) is 5.03. The molecule has 0 aliphatic carbocycles. The van der Waals surface area contributed by atoms with Crippen LogP contribution in [0.25, 0.3) is 5.82 Å². The molecule has 28 heavy (non-hydrogen) atoms. The number of hydrogen-bond acceptors (Lipinski definition) is 6. The van der Waals surface area contributed by atoms with Crippen LogP contribution in [0.2, 0.25) is 0 Å². The van der Waals surface area contributed by atoms with Gasteiger partial charge in [0.1, 0.15) is 5.82 Å². The number of aryl methyl sites for hydroxylation is 1. The zero-order valence-corrected chi connectivity index (χ0v) is 16.0. The normalized spacial score (nSPS) is 14.2. The molecular formula is C20H23N7O. The lowest BCUT2D eigenvalue weighted by molar-refractivity contribution is 0.0747. The number of benzene rings is 1. The number of hydrogen-bond donors (Lipinski definition) is 1. The highest BCUT2D eigenvalue weighted by atomic mass is 16.2.